The van der Waals surface area contributed by atoms with Crippen molar-refractivity contribution in [2.45, 2.75) is 6.61 Å². The number of hydrogen-bond donors (Lipinski definition) is 2. The van der Waals surface area contributed by atoms with E-state index in [0.29, 0.717) is 33.2 Å². The van der Waals surface area contributed by atoms with Crippen LogP contribution in [0.25, 0.3) is 11.3 Å². The fraction of sp³-hybridized carbons (Fsp3) is 0.0417. The maximum atomic E-state index is 12.6. The van der Waals surface area contributed by atoms with Gasteiger partial charge in [-0.2, -0.15) is 8.78 Å². The molecule has 0 fully saturated rings. The van der Waals surface area contributed by atoms with E-state index in [4.69, 9.17) is 0 Å². The quantitative estimate of drug-likeness (QED) is 0.355. The number of carbonyl (C=O) groups is 2. The van der Waals surface area contributed by atoms with Crippen molar-refractivity contribution in [2.75, 3.05) is 10.6 Å². The minimum absolute atomic E-state index is 0.00353. The first-order chi connectivity index (χ1) is 16.0. The molecule has 0 saturated carbocycles. The van der Waals surface area contributed by atoms with Crippen LogP contribution in [0.1, 0.15) is 20.7 Å². The number of carbonyl (C=O) groups excluding carboxylic acids is 2. The van der Waals surface area contributed by atoms with Gasteiger partial charge in [0.1, 0.15) is 5.75 Å². The average molecular weight is 465 g/mol. The summed E-state index contributed by atoms with van der Waals surface area (Å²) in [5.41, 5.74) is 2.25. The summed E-state index contributed by atoms with van der Waals surface area (Å²) in [6, 6.07) is 21.5. The Kier molecular flexibility index (Phi) is 6.70. The number of rotatable bonds is 7. The van der Waals surface area contributed by atoms with Crippen LogP contribution in [0.3, 0.4) is 0 Å². The van der Waals surface area contributed by atoms with Crippen molar-refractivity contribution >= 4 is 34.0 Å². The first kappa shape index (κ1) is 22.1. The van der Waals surface area contributed by atoms with Crippen molar-refractivity contribution in [3.05, 3.63) is 95.4 Å². The summed E-state index contributed by atoms with van der Waals surface area (Å²) < 4.78 is 29.8. The first-order valence-electron chi connectivity index (χ1n) is 9.77. The molecule has 166 valence electrons. The summed E-state index contributed by atoms with van der Waals surface area (Å²) in [6.45, 7) is -2.95. The topological polar surface area (TPSA) is 80.3 Å². The van der Waals surface area contributed by atoms with Crippen molar-refractivity contribution in [3.63, 3.8) is 0 Å². The number of nitrogens with one attached hydrogen (secondary N) is 2. The van der Waals surface area contributed by atoms with Crippen LogP contribution in [0.2, 0.25) is 0 Å². The Hall–Kier alpha value is -4.11. The van der Waals surface area contributed by atoms with Gasteiger partial charge in [0, 0.05) is 27.8 Å². The lowest BCUT2D eigenvalue weighted by Gasteiger charge is -2.08. The van der Waals surface area contributed by atoms with Crippen LogP contribution >= 0.6 is 11.3 Å². The number of alkyl halides is 2. The van der Waals surface area contributed by atoms with Crippen LogP contribution in [0, 0.1) is 0 Å². The molecular formula is C24H17F2N3O3S. The van der Waals surface area contributed by atoms with Gasteiger partial charge in [-0.15, -0.1) is 11.3 Å². The van der Waals surface area contributed by atoms with E-state index >= 15 is 0 Å². The molecule has 9 heteroatoms. The molecular weight excluding hydrogens is 448 g/mol. The predicted octanol–water partition coefficient (Wildman–Crippen LogP) is 5.92. The minimum Gasteiger partial charge on any atom is -0.434 e. The number of thiazole rings is 1. The van der Waals surface area contributed by atoms with Gasteiger partial charge in [-0.05, 0) is 48.5 Å². The predicted molar refractivity (Wildman–Crippen MR) is 123 cm³/mol. The SMILES string of the molecule is O=C(Nc1ccc(C(=O)Nc2nc(-c3ccccc3OC(F)F)cs2)cc1)c1ccccc1. The molecule has 3 aromatic carbocycles. The summed E-state index contributed by atoms with van der Waals surface area (Å²) >= 11 is 1.16. The highest BCUT2D eigenvalue weighted by Crippen LogP contribution is 2.33. The summed E-state index contributed by atoms with van der Waals surface area (Å²) in [4.78, 5) is 29.1. The molecule has 33 heavy (non-hydrogen) atoms. The molecule has 0 unspecified atom stereocenters. The van der Waals surface area contributed by atoms with Gasteiger partial charge < -0.3 is 10.1 Å². The van der Waals surface area contributed by atoms with E-state index in [1.54, 1.807) is 72.1 Å². The summed E-state index contributed by atoms with van der Waals surface area (Å²) in [6.07, 6.45) is 0. The second-order valence-corrected chi connectivity index (χ2v) is 7.62. The highest BCUT2D eigenvalue weighted by Gasteiger charge is 2.15. The second-order valence-electron chi connectivity index (χ2n) is 6.76. The molecule has 0 bridgehead atoms. The Balaban J connectivity index is 1.41. The van der Waals surface area contributed by atoms with E-state index in [9.17, 15) is 18.4 Å². The number of nitrogens with zero attached hydrogens (tertiary/aromatic N) is 1. The van der Waals surface area contributed by atoms with Gasteiger partial charge >= 0.3 is 6.61 Å². The van der Waals surface area contributed by atoms with Crippen LogP contribution in [0.15, 0.2) is 84.2 Å². The maximum Gasteiger partial charge on any atom is 0.387 e. The molecule has 1 heterocycles. The van der Waals surface area contributed by atoms with Crippen molar-refractivity contribution in [3.8, 4) is 17.0 Å². The van der Waals surface area contributed by atoms with Crippen LogP contribution in [0.5, 0.6) is 5.75 Å². The van der Waals surface area contributed by atoms with E-state index < -0.39 is 12.5 Å². The Morgan fingerprint density at radius 2 is 1.45 bits per heavy atom. The van der Waals surface area contributed by atoms with Crippen LogP contribution in [-0.2, 0) is 0 Å². The fourth-order valence-corrected chi connectivity index (χ4v) is 3.70. The molecule has 1 aromatic heterocycles. The number of para-hydroxylation sites is 1. The Bertz CT molecular complexity index is 1260. The zero-order valence-corrected chi connectivity index (χ0v) is 17.8. The number of amides is 2. The second kappa shape index (κ2) is 10.0. The molecule has 0 atom stereocenters. The third-order valence-corrected chi connectivity index (χ3v) is 5.30. The van der Waals surface area contributed by atoms with Gasteiger partial charge in [-0.1, -0.05) is 30.3 Å². The zero-order valence-electron chi connectivity index (χ0n) is 17.0. The standard InChI is InChI=1S/C24H17F2N3O3S/c25-23(26)32-20-9-5-4-8-18(20)19-14-33-24(28-19)29-22(31)16-10-12-17(13-11-16)27-21(30)15-6-2-1-3-7-15/h1-14,23H,(H,27,30)(H,28,29,31). The van der Waals surface area contributed by atoms with E-state index in [1.807, 2.05) is 6.07 Å². The Morgan fingerprint density at radius 1 is 0.818 bits per heavy atom. The minimum atomic E-state index is -2.95. The van der Waals surface area contributed by atoms with Crippen LogP contribution in [-0.4, -0.2) is 23.4 Å². The highest BCUT2D eigenvalue weighted by atomic mass is 32.1. The van der Waals surface area contributed by atoms with Gasteiger partial charge in [-0.25, -0.2) is 4.98 Å². The van der Waals surface area contributed by atoms with Gasteiger partial charge in [0.25, 0.3) is 11.8 Å². The number of hydrogen-bond acceptors (Lipinski definition) is 5. The van der Waals surface area contributed by atoms with E-state index in [1.165, 1.54) is 6.07 Å². The van der Waals surface area contributed by atoms with Crippen LogP contribution < -0.4 is 15.4 Å². The summed E-state index contributed by atoms with van der Waals surface area (Å²) in [7, 11) is 0. The largest absolute Gasteiger partial charge is 0.434 e. The fourth-order valence-electron chi connectivity index (χ4n) is 3.00. The van der Waals surface area contributed by atoms with Crippen molar-refractivity contribution < 1.29 is 23.1 Å². The Morgan fingerprint density at radius 3 is 2.18 bits per heavy atom. The Labute approximate surface area is 191 Å². The number of halogens is 2. The molecule has 0 aliphatic carbocycles. The molecule has 2 N–H and O–H groups in total. The third-order valence-electron chi connectivity index (χ3n) is 4.54. The van der Waals surface area contributed by atoms with Crippen LogP contribution in [0.4, 0.5) is 19.6 Å². The van der Waals surface area contributed by atoms with Gasteiger partial charge in [0.15, 0.2) is 5.13 Å². The molecule has 0 saturated heterocycles. The molecule has 4 aromatic rings. The van der Waals surface area contributed by atoms with Gasteiger partial charge in [0.2, 0.25) is 0 Å². The highest BCUT2D eigenvalue weighted by molar-refractivity contribution is 7.14. The van der Waals surface area contributed by atoms with E-state index in [2.05, 4.69) is 20.4 Å². The molecule has 0 spiro atoms. The molecule has 6 nitrogen and oxygen atoms in total. The lowest BCUT2D eigenvalue weighted by Crippen LogP contribution is -2.13. The summed E-state index contributed by atoms with van der Waals surface area (Å²) in [5, 5.41) is 7.41. The molecule has 2 amide bonds. The van der Waals surface area contributed by atoms with E-state index in [0.717, 1.165) is 11.3 Å². The van der Waals surface area contributed by atoms with E-state index in [-0.39, 0.29) is 11.7 Å². The molecule has 0 aliphatic heterocycles. The number of aromatic nitrogens is 1. The average Bonchev–Trinajstić information content (AvgIpc) is 3.28. The molecule has 4 rings (SSSR count). The van der Waals surface area contributed by atoms with Gasteiger partial charge in [0.05, 0.1) is 5.69 Å². The van der Waals surface area contributed by atoms with Crippen molar-refractivity contribution in [2.24, 2.45) is 0 Å². The third kappa shape index (κ3) is 5.58. The lowest BCUT2D eigenvalue weighted by atomic mass is 10.1. The maximum absolute atomic E-state index is 12.6. The van der Waals surface area contributed by atoms with Crippen molar-refractivity contribution in [1.29, 1.82) is 0 Å². The van der Waals surface area contributed by atoms with Gasteiger partial charge in [-0.3, -0.25) is 14.9 Å². The number of anilines is 2. The number of benzene rings is 3. The molecule has 0 radical (unpaired) electrons. The molecule has 0 aliphatic rings. The van der Waals surface area contributed by atoms with Crippen molar-refractivity contribution in [1.82, 2.24) is 4.98 Å². The smallest absolute Gasteiger partial charge is 0.387 e. The lowest BCUT2D eigenvalue weighted by molar-refractivity contribution is -0.0494. The number of ether oxygens (including phenoxy) is 1. The normalized spacial score (nSPS) is 10.6. The summed E-state index contributed by atoms with van der Waals surface area (Å²) in [5.74, 6) is -0.642. The zero-order chi connectivity index (χ0) is 23.2. The first-order valence-corrected chi connectivity index (χ1v) is 10.6. The monoisotopic (exact) mass is 465 g/mol.